The molecule has 0 amide bonds. The lowest BCUT2D eigenvalue weighted by Gasteiger charge is -2.44. The van der Waals surface area contributed by atoms with Crippen LogP contribution < -0.4 is 9.47 Å². The fourth-order valence-electron chi connectivity index (χ4n) is 4.89. The first-order chi connectivity index (χ1) is 13.4. The van der Waals surface area contributed by atoms with Gasteiger partial charge >= 0.3 is 0 Å². The lowest BCUT2D eigenvalue weighted by molar-refractivity contribution is -0.110. The van der Waals surface area contributed by atoms with Gasteiger partial charge in [-0.2, -0.15) is 0 Å². The number of ether oxygens (including phenoxy) is 3. The molecule has 3 atom stereocenters. The largest absolute Gasteiger partial charge is 0.448 e. The standard InChI is InChI=1S/C21H29N3O4/c1-20(2,3)19-14(12-25)17-13(16(26-19)11-23-24-22)7-8-15-18(17)28-21(27-15)9-5-4-6-10-21/h7-8,14,16,19,25H,4-6,9-12H2,1-3H3. The summed E-state index contributed by atoms with van der Waals surface area (Å²) in [5, 5.41) is 14.1. The molecule has 3 aliphatic rings. The van der Waals surface area contributed by atoms with Crippen LogP contribution in [0.2, 0.25) is 0 Å². The zero-order valence-electron chi connectivity index (χ0n) is 16.9. The van der Waals surface area contributed by atoms with Gasteiger partial charge in [-0.3, -0.25) is 0 Å². The quantitative estimate of drug-likeness (QED) is 0.449. The second kappa shape index (κ2) is 7.14. The summed E-state index contributed by atoms with van der Waals surface area (Å²) in [7, 11) is 0. The van der Waals surface area contributed by atoms with E-state index in [1.807, 2.05) is 12.1 Å². The Kier molecular flexibility index (Phi) is 4.94. The smallest absolute Gasteiger partial charge is 0.251 e. The Labute approximate surface area is 165 Å². The molecule has 1 aromatic carbocycles. The molecular formula is C21H29N3O4. The Balaban J connectivity index is 1.81. The molecule has 1 aromatic rings. The summed E-state index contributed by atoms with van der Waals surface area (Å²) in [6.45, 7) is 6.45. The monoisotopic (exact) mass is 387 g/mol. The summed E-state index contributed by atoms with van der Waals surface area (Å²) < 4.78 is 19.2. The lowest BCUT2D eigenvalue weighted by atomic mass is 9.74. The summed E-state index contributed by atoms with van der Waals surface area (Å²) in [5.74, 6) is 0.679. The summed E-state index contributed by atoms with van der Waals surface area (Å²) >= 11 is 0. The molecular weight excluding hydrogens is 358 g/mol. The fourth-order valence-corrected chi connectivity index (χ4v) is 4.89. The summed E-state index contributed by atoms with van der Waals surface area (Å²) in [6.07, 6.45) is 4.54. The molecule has 152 valence electrons. The normalized spacial score (nSPS) is 27.9. The number of aliphatic hydroxyl groups excluding tert-OH is 1. The number of nitrogens with zero attached hydrogens (tertiary/aromatic N) is 3. The average Bonchev–Trinajstić information content (AvgIpc) is 3.02. The number of azide groups is 1. The molecule has 0 saturated heterocycles. The van der Waals surface area contributed by atoms with Crippen LogP contribution in [0.1, 0.15) is 76.0 Å². The molecule has 0 aromatic heterocycles. The van der Waals surface area contributed by atoms with Crippen LogP contribution in [0, 0.1) is 5.41 Å². The maximum atomic E-state index is 10.3. The SMILES string of the molecule is CC(C)(C)C1OC(CN=[N+]=[N-])c2ccc3c(c2C1CO)OC1(CCCCC1)O3. The van der Waals surface area contributed by atoms with Crippen molar-refractivity contribution in [2.75, 3.05) is 13.2 Å². The van der Waals surface area contributed by atoms with E-state index in [2.05, 4.69) is 30.8 Å². The van der Waals surface area contributed by atoms with Crippen molar-refractivity contribution in [3.05, 3.63) is 33.7 Å². The molecule has 3 unspecified atom stereocenters. The minimum Gasteiger partial charge on any atom is -0.448 e. The minimum absolute atomic E-state index is 0.0456. The van der Waals surface area contributed by atoms with Crippen molar-refractivity contribution in [2.45, 2.75) is 76.8 Å². The van der Waals surface area contributed by atoms with Gasteiger partial charge in [0.2, 0.25) is 0 Å². The van der Waals surface area contributed by atoms with E-state index in [-0.39, 0.29) is 36.7 Å². The fraction of sp³-hybridized carbons (Fsp3) is 0.714. The van der Waals surface area contributed by atoms with Crippen LogP contribution in [-0.4, -0.2) is 30.1 Å². The Morgan fingerprint density at radius 1 is 1.21 bits per heavy atom. The van der Waals surface area contributed by atoms with Gasteiger partial charge in [-0.15, -0.1) is 0 Å². The number of fused-ring (bicyclic) bond motifs is 3. The third-order valence-electron chi connectivity index (χ3n) is 6.15. The maximum Gasteiger partial charge on any atom is 0.251 e. The van der Waals surface area contributed by atoms with Crippen molar-refractivity contribution >= 4 is 0 Å². The van der Waals surface area contributed by atoms with Crippen LogP contribution in [0.25, 0.3) is 10.4 Å². The topological polar surface area (TPSA) is 96.7 Å². The first-order valence-electron chi connectivity index (χ1n) is 10.2. The van der Waals surface area contributed by atoms with Crippen LogP contribution in [0.3, 0.4) is 0 Å². The van der Waals surface area contributed by atoms with E-state index in [1.54, 1.807) is 0 Å². The van der Waals surface area contributed by atoms with E-state index >= 15 is 0 Å². The molecule has 0 radical (unpaired) electrons. The summed E-state index contributed by atoms with van der Waals surface area (Å²) in [4.78, 5) is 2.91. The highest BCUT2D eigenvalue weighted by atomic mass is 16.7. The van der Waals surface area contributed by atoms with Gasteiger partial charge in [0.25, 0.3) is 5.79 Å². The number of hydrogen-bond acceptors (Lipinski definition) is 5. The molecule has 28 heavy (non-hydrogen) atoms. The molecule has 1 aliphatic carbocycles. The van der Waals surface area contributed by atoms with Gasteiger partial charge in [0.1, 0.15) is 0 Å². The van der Waals surface area contributed by atoms with E-state index in [4.69, 9.17) is 19.7 Å². The van der Waals surface area contributed by atoms with Gasteiger partial charge in [0.05, 0.1) is 25.4 Å². The maximum absolute atomic E-state index is 10.3. The van der Waals surface area contributed by atoms with Crippen LogP contribution in [0.15, 0.2) is 17.2 Å². The van der Waals surface area contributed by atoms with Crippen LogP contribution in [0.4, 0.5) is 0 Å². The van der Waals surface area contributed by atoms with Crippen molar-refractivity contribution in [1.29, 1.82) is 0 Å². The first-order valence-corrected chi connectivity index (χ1v) is 10.2. The van der Waals surface area contributed by atoms with Gasteiger partial charge < -0.3 is 19.3 Å². The molecule has 1 fully saturated rings. The minimum atomic E-state index is -0.578. The van der Waals surface area contributed by atoms with E-state index < -0.39 is 5.79 Å². The van der Waals surface area contributed by atoms with E-state index in [9.17, 15) is 5.11 Å². The molecule has 2 aliphatic heterocycles. The molecule has 4 rings (SSSR count). The van der Waals surface area contributed by atoms with E-state index in [0.29, 0.717) is 0 Å². The lowest BCUT2D eigenvalue weighted by Crippen LogP contribution is -2.43. The molecule has 1 saturated carbocycles. The first kappa shape index (κ1) is 19.4. The predicted molar refractivity (Wildman–Crippen MR) is 104 cm³/mol. The van der Waals surface area contributed by atoms with Crippen molar-refractivity contribution in [1.82, 2.24) is 0 Å². The molecule has 1 N–H and O–H groups in total. The molecule has 7 nitrogen and oxygen atoms in total. The molecule has 1 spiro atoms. The average molecular weight is 387 g/mol. The van der Waals surface area contributed by atoms with Gasteiger partial charge in [-0.25, -0.2) is 0 Å². The number of aliphatic hydroxyl groups is 1. The third-order valence-corrected chi connectivity index (χ3v) is 6.15. The van der Waals surface area contributed by atoms with Crippen molar-refractivity contribution in [2.24, 2.45) is 10.5 Å². The Hall–Kier alpha value is -1.95. The molecule has 2 heterocycles. The van der Waals surface area contributed by atoms with Crippen LogP contribution in [0.5, 0.6) is 11.5 Å². The Morgan fingerprint density at radius 3 is 2.61 bits per heavy atom. The van der Waals surface area contributed by atoms with Crippen LogP contribution in [-0.2, 0) is 4.74 Å². The Bertz CT molecular complexity index is 792. The summed E-state index contributed by atoms with van der Waals surface area (Å²) in [6, 6.07) is 3.90. The highest BCUT2D eigenvalue weighted by Gasteiger charge is 2.49. The zero-order valence-corrected chi connectivity index (χ0v) is 16.9. The number of rotatable bonds is 3. The van der Waals surface area contributed by atoms with Gasteiger partial charge in [0.15, 0.2) is 11.5 Å². The van der Waals surface area contributed by atoms with E-state index in [0.717, 1.165) is 48.3 Å². The molecule has 7 heteroatoms. The van der Waals surface area contributed by atoms with Gasteiger partial charge in [0, 0.05) is 29.2 Å². The van der Waals surface area contributed by atoms with Gasteiger partial charge in [-0.05, 0) is 35.4 Å². The van der Waals surface area contributed by atoms with Crippen LogP contribution >= 0.6 is 0 Å². The number of benzene rings is 1. The molecule has 0 bridgehead atoms. The van der Waals surface area contributed by atoms with Crippen molar-refractivity contribution < 1.29 is 19.3 Å². The van der Waals surface area contributed by atoms with Crippen molar-refractivity contribution in [3.8, 4) is 11.5 Å². The second-order valence-corrected chi connectivity index (χ2v) is 9.19. The third kappa shape index (κ3) is 3.21. The summed E-state index contributed by atoms with van der Waals surface area (Å²) in [5.41, 5.74) is 10.5. The Morgan fingerprint density at radius 2 is 1.96 bits per heavy atom. The zero-order chi connectivity index (χ0) is 19.9. The van der Waals surface area contributed by atoms with E-state index in [1.165, 1.54) is 6.42 Å². The predicted octanol–water partition coefficient (Wildman–Crippen LogP) is 4.99. The number of hydrogen-bond donors (Lipinski definition) is 1. The van der Waals surface area contributed by atoms with Gasteiger partial charge in [-0.1, -0.05) is 38.4 Å². The van der Waals surface area contributed by atoms with Crippen molar-refractivity contribution in [3.63, 3.8) is 0 Å². The highest BCUT2D eigenvalue weighted by molar-refractivity contribution is 5.57. The highest BCUT2D eigenvalue weighted by Crippen LogP contribution is 2.55. The second-order valence-electron chi connectivity index (χ2n) is 9.19.